The average molecular weight is 389 g/mol. The zero-order chi connectivity index (χ0) is 18.2. The summed E-state index contributed by atoms with van der Waals surface area (Å²) in [6, 6.07) is 8.10. The number of hydrogen-bond acceptors (Lipinski definition) is 3. The minimum atomic E-state index is -4.47. The predicted molar refractivity (Wildman–Crippen MR) is 88.7 cm³/mol. The van der Waals surface area contributed by atoms with Crippen LogP contribution in [-0.2, 0) is 11.0 Å². The van der Waals surface area contributed by atoms with Gasteiger partial charge in [-0.15, -0.1) is 11.8 Å². The molecule has 0 amide bonds. The first kappa shape index (κ1) is 17.9. The largest absolute Gasteiger partial charge is 0.481 e. The number of carboxylic acid groups (broad SMARTS) is 1. The Morgan fingerprint density at radius 3 is 2.68 bits per heavy atom. The Kier molecular flexibility index (Phi) is 4.88. The lowest BCUT2D eigenvalue weighted by Gasteiger charge is -2.12. The third-order valence-corrected chi connectivity index (χ3v) is 5.30. The summed E-state index contributed by atoms with van der Waals surface area (Å²) >= 11 is 7.42. The van der Waals surface area contributed by atoms with Crippen molar-refractivity contribution in [3.05, 3.63) is 52.5 Å². The second kappa shape index (κ2) is 6.80. The van der Waals surface area contributed by atoms with E-state index in [4.69, 9.17) is 21.4 Å². The van der Waals surface area contributed by atoms with Gasteiger partial charge in [-0.3, -0.25) is 4.79 Å². The van der Waals surface area contributed by atoms with Crippen molar-refractivity contribution in [1.82, 2.24) is 0 Å². The van der Waals surface area contributed by atoms with Gasteiger partial charge in [-0.2, -0.15) is 13.2 Å². The molecule has 3 rings (SSSR count). The van der Waals surface area contributed by atoms with Crippen molar-refractivity contribution < 1.29 is 27.8 Å². The monoisotopic (exact) mass is 388 g/mol. The highest BCUT2D eigenvalue weighted by atomic mass is 35.5. The maximum atomic E-state index is 12.7. The van der Waals surface area contributed by atoms with Crippen LogP contribution in [0.15, 0.2) is 41.3 Å². The van der Waals surface area contributed by atoms with E-state index in [1.165, 1.54) is 17.8 Å². The van der Waals surface area contributed by atoms with Crippen LogP contribution in [0.1, 0.15) is 23.5 Å². The summed E-state index contributed by atoms with van der Waals surface area (Å²) in [5.41, 5.74) is 0.101. The molecule has 1 N–H and O–H groups in total. The lowest BCUT2D eigenvalue weighted by atomic mass is 9.98. The Balaban J connectivity index is 1.80. The van der Waals surface area contributed by atoms with Crippen molar-refractivity contribution in [2.45, 2.75) is 23.4 Å². The van der Waals surface area contributed by atoms with Crippen LogP contribution in [0.25, 0.3) is 0 Å². The lowest BCUT2D eigenvalue weighted by Crippen LogP contribution is -2.05. The normalized spacial score (nSPS) is 16.6. The number of rotatable bonds is 4. The van der Waals surface area contributed by atoms with Gasteiger partial charge >= 0.3 is 12.1 Å². The first-order valence-corrected chi connectivity index (χ1v) is 8.63. The summed E-state index contributed by atoms with van der Waals surface area (Å²) < 4.78 is 43.6. The molecular formula is C17H12ClF3O3S. The minimum Gasteiger partial charge on any atom is -0.481 e. The molecule has 0 bridgehead atoms. The van der Waals surface area contributed by atoms with Crippen molar-refractivity contribution in [3.63, 3.8) is 0 Å². The molecule has 1 aliphatic rings. The van der Waals surface area contributed by atoms with Crippen LogP contribution in [0.5, 0.6) is 11.5 Å². The van der Waals surface area contributed by atoms with Gasteiger partial charge in [-0.25, -0.2) is 0 Å². The zero-order valence-electron chi connectivity index (χ0n) is 12.6. The standard InChI is InChI=1S/C17H12ClF3O3S/c18-13-6-10(17(19,20)21)1-4-14(13)24-11-2-3-12-9(5-16(22)23)8-25-15(12)7-11/h1-4,6-7,9H,5,8H2,(H,22,23). The number of aliphatic carboxylic acids is 1. The van der Waals surface area contributed by atoms with Gasteiger partial charge in [0.25, 0.3) is 0 Å². The number of thioether (sulfide) groups is 1. The number of fused-ring (bicyclic) bond motifs is 1. The molecular weight excluding hydrogens is 377 g/mol. The predicted octanol–water partition coefficient (Wildman–Crippen LogP) is 5.82. The van der Waals surface area contributed by atoms with Crippen molar-refractivity contribution in [2.75, 3.05) is 5.75 Å². The highest BCUT2D eigenvalue weighted by Crippen LogP contribution is 2.44. The molecule has 132 valence electrons. The molecule has 2 aromatic rings. The third kappa shape index (κ3) is 4.04. The fourth-order valence-electron chi connectivity index (χ4n) is 2.59. The molecule has 1 aliphatic heterocycles. The smallest absolute Gasteiger partial charge is 0.416 e. The molecule has 0 saturated heterocycles. The second-order valence-corrected chi connectivity index (χ2v) is 7.02. The van der Waals surface area contributed by atoms with Crippen LogP contribution in [0.2, 0.25) is 5.02 Å². The number of benzene rings is 2. The maximum absolute atomic E-state index is 12.7. The van der Waals surface area contributed by atoms with Crippen LogP contribution in [0, 0.1) is 0 Å². The first-order chi connectivity index (χ1) is 11.7. The molecule has 0 aliphatic carbocycles. The summed E-state index contributed by atoms with van der Waals surface area (Å²) in [4.78, 5) is 11.8. The van der Waals surface area contributed by atoms with Crippen LogP contribution in [0.4, 0.5) is 13.2 Å². The number of ether oxygens (including phenoxy) is 1. The molecule has 8 heteroatoms. The van der Waals surface area contributed by atoms with Gasteiger partial charge in [0.1, 0.15) is 11.5 Å². The van der Waals surface area contributed by atoms with Crippen molar-refractivity contribution in [3.8, 4) is 11.5 Å². The Labute approximate surface area is 150 Å². The summed E-state index contributed by atoms with van der Waals surface area (Å²) in [5.74, 6) is 0.326. The second-order valence-electron chi connectivity index (χ2n) is 5.55. The fourth-order valence-corrected chi connectivity index (χ4v) is 4.09. The van der Waals surface area contributed by atoms with E-state index in [9.17, 15) is 18.0 Å². The Morgan fingerprint density at radius 1 is 1.28 bits per heavy atom. The van der Waals surface area contributed by atoms with Crippen LogP contribution >= 0.6 is 23.4 Å². The van der Waals surface area contributed by atoms with Crippen molar-refractivity contribution >= 4 is 29.3 Å². The van der Waals surface area contributed by atoms with E-state index in [0.717, 1.165) is 22.6 Å². The van der Waals surface area contributed by atoms with Gasteiger partial charge in [-0.05, 0) is 35.9 Å². The summed E-state index contributed by atoms with van der Waals surface area (Å²) in [5, 5.41) is 8.80. The molecule has 0 fully saturated rings. The molecule has 0 radical (unpaired) electrons. The van der Waals surface area contributed by atoms with Gasteiger partial charge < -0.3 is 9.84 Å². The first-order valence-electron chi connectivity index (χ1n) is 7.27. The number of halogens is 4. The van der Waals surface area contributed by atoms with Crippen LogP contribution < -0.4 is 4.74 Å². The molecule has 2 aromatic carbocycles. The van der Waals surface area contributed by atoms with E-state index >= 15 is 0 Å². The SMILES string of the molecule is O=C(O)CC1CSc2cc(Oc3ccc(C(F)(F)F)cc3Cl)ccc21. The van der Waals surface area contributed by atoms with Crippen molar-refractivity contribution in [1.29, 1.82) is 0 Å². The van der Waals surface area contributed by atoms with Crippen LogP contribution in [0.3, 0.4) is 0 Å². The summed E-state index contributed by atoms with van der Waals surface area (Å²) in [6.45, 7) is 0. The molecule has 0 aromatic heterocycles. The Hall–Kier alpha value is -1.86. The van der Waals surface area contributed by atoms with E-state index in [1.807, 2.05) is 0 Å². The molecule has 1 atom stereocenters. The van der Waals surface area contributed by atoms with Gasteiger partial charge in [0, 0.05) is 16.6 Å². The number of hydrogen-bond donors (Lipinski definition) is 1. The Bertz CT molecular complexity index is 823. The quantitative estimate of drug-likeness (QED) is 0.717. The molecule has 0 spiro atoms. The van der Waals surface area contributed by atoms with Gasteiger partial charge in [0.15, 0.2) is 0 Å². The number of alkyl halides is 3. The number of carbonyl (C=O) groups is 1. The lowest BCUT2D eigenvalue weighted by molar-refractivity contribution is -0.138. The summed E-state index contributed by atoms with van der Waals surface area (Å²) in [7, 11) is 0. The molecule has 1 unspecified atom stereocenters. The Morgan fingerprint density at radius 2 is 2.04 bits per heavy atom. The summed E-state index contributed by atoms with van der Waals surface area (Å²) in [6.07, 6.45) is -4.41. The average Bonchev–Trinajstić information content (AvgIpc) is 2.90. The third-order valence-electron chi connectivity index (χ3n) is 3.77. The van der Waals surface area contributed by atoms with E-state index in [1.54, 1.807) is 18.2 Å². The maximum Gasteiger partial charge on any atom is 0.416 e. The van der Waals surface area contributed by atoms with Crippen LogP contribution in [-0.4, -0.2) is 16.8 Å². The van der Waals surface area contributed by atoms with Crippen molar-refractivity contribution in [2.24, 2.45) is 0 Å². The molecule has 1 heterocycles. The van der Waals surface area contributed by atoms with Gasteiger partial charge in [0.2, 0.25) is 0 Å². The van der Waals surface area contributed by atoms with E-state index in [0.29, 0.717) is 11.5 Å². The molecule has 25 heavy (non-hydrogen) atoms. The van der Waals surface area contributed by atoms with E-state index < -0.39 is 17.7 Å². The van der Waals surface area contributed by atoms with E-state index in [2.05, 4.69) is 0 Å². The topological polar surface area (TPSA) is 46.5 Å². The molecule has 3 nitrogen and oxygen atoms in total. The minimum absolute atomic E-state index is 0.0544. The van der Waals surface area contributed by atoms with E-state index in [-0.39, 0.29) is 23.1 Å². The highest BCUT2D eigenvalue weighted by molar-refractivity contribution is 7.99. The fraction of sp³-hybridized carbons (Fsp3) is 0.235. The highest BCUT2D eigenvalue weighted by Gasteiger charge is 2.31. The number of carboxylic acids is 1. The van der Waals surface area contributed by atoms with Gasteiger partial charge in [-0.1, -0.05) is 17.7 Å². The zero-order valence-corrected chi connectivity index (χ0v) is 14.2. The molecule has 0 saturated carbocycles. The van der Waals surface area contributed by atoms with Gasteiger partial charge in [0.05, 0.1) is 17.0 Å².